The molecule has 6 heteroatoms. The molecule has 0 radical (unpaired) electrons. The van der Waals surface area contributed by atoms with Crippen molar-refractivity contribution in [1.29, 1.82) is 0 Å². The molecule has 0 unspecified atom stereocenters. The Hall–Kier alpha value is 0.160. The van der Waals surface area contributed by atoms with Crippen LogP contribution in [0.25, 0.3) is 0 Å². The Morgan fingerprint density at radius 2 is 1.43 bits per heavy atom. The van der Waals surface area contributed by atoms with Crippen LogP contribution in [-0.2, 0) is 10.1 Å². The monoisotopic (exact) mass is 148 g/mol. The van der Waals surface area contributed by atoms with Crippen LogP contribution in [-0.4, -0.2) is 23.9 Å². The normalized spacial score (nSPS) is 9.14. The number of rotatable bonds is 0. The molecule has 0 bridgehead atoms. The third kappa shape index (κ3) is 4160. The molecule has 0 aromatic heterocycles. The van der Waals surface area contributed by atoms with Gasteiger partial charge in [0.2, 0.25) is 0 Å². The smallest absolute Gasteiger partial charge is 0.261 e. The summed E-state index contributed by atoms with van der Waals surface area (Å²) >= 11 is 3.64. The molecule has 0 aliphatic heterocycles. The standard InChI is InChI=1S/CH4O3S.ClHO/c1-5(2,3)4;1-2/h1H3,(H,2,3,4);2H. The van der Waals surface area contributed by atoms with Gasteiger partial charge in [-0.25, -0.2) is 0 Å². The molecular formula is CH5ClO4S. The maximum Gasteiger partial charge on any atom is 0.261 e. The van der Waals surface area contributed by atoms with Crippen LogP contribution in [0.5, 0.6) is 0 Å². The predicted molar refractivity (Wildman–Crippen MR) is 25.5 cm³/mol. The third-order valence-electron chi connectivity index (χ3n) is 0. The minimum Gasteiger partial charge on any atom is -0.295 e. The molecule has 0 aromatic rings. The van der Waals surface area contributed by atoms with E-state index in [0.717, 1.165) is 0 Å². The Morgan fingerprint density at radius 3 is 1.43 bits per heavy atom. The third-order valence-corrected chi connectivity index (χ3v) is 0. The van der Waals surface area contributed by atoms with Gasteiger partial charge in [-0.3, -0.25) is 9.21 Å². The summed E-state index contributed by atoms with van der Waals surface area (Å²) in [6.45, 7) is 0. The van der Waals surface area contributed by atoms with E-state index in [1.807, 2.05) is 0 Å². The molecule has 7 heavy (non-hydrogen) atoms. The molecule has 0 rings (SSSR count). The first-order valence-electron chi connectivity index (χ1n) is 1.09. The van der Waals surface area contributed by atoms with Gasteiger partial charge in [-0.05, 0) is 0 Å². The Balaban J connectivity index is 0. The minimum atomic E-state index is -3.67. The van der Waals surface area contributed by atoms with Crippen molar-refractivity contribution >= 4 is 22.0 Å². The van der Waals surface area contributed by atoms with E-state index in [1.54, 1.807) is 0 Å². The van der Waals surface area contributed by atoms with Crippen LogP contribution >= 0.6 is 11.9 Å². The summed E-state index contributed by atoms with van der Waals surface area (Å²) in [5, 5.41) is 0. The summed E-state index contributed by atoms with van der Waals surface area (Å²) < 4.78 is 32.3. The molecule has 0 aromatic carbocycles. The molecule has 46 valence electrons. The van der Waals surface area contributed by atoms with E-state index in [0.29, 0.717) is 6.26 Å². The first-order chi connectivity index (χ1) is 3.00. The largest absolute Gasteiger partial charge is 0.295 e. The van der Waals surface area contributed by atoms with Gasteiger partial charge in [0, 0.05) is 0 Å². The first kappa shape index (κ1) is 10.2. The van der Waals surface area contributed by atoms with Crippen LogP contribution in [0.4, 0.5) is 0 Å². The summed E-state index contributed by atoms with van der Waals surface area (Å²) in [5.74, 6) is 0. The average Bonchev–Trinajstić information content (AvgIpc) is 1.36. The number of hydrogen-bond acceptors (Lipinski definition) is 3. The molecule has 0 saturated heterocycles. The van der Waals surface area contributed by atoms with E-state index in [-0.39, 0.29) is 0 Å². The molecule has 0 amide bonds. The molecule has 0 heterocycles. The van der Waals surface area contributed by atoms with E-state index < -0.39 is 10.1 Å². The van der Waals surface area contributed by atoms with Crippen LogP contribution < -0.4 is 0 Å². The zero-order valence-corrected chi connectivity index (χ0v) is 5.07. The second-order valence-corrected chi connectivity index (χ2v) is 2.20. The second kappa shape index (κ2) is 4.32. The van der Waals surface area contributed by atoms with Gasteiger partial charge in [0.25, 0.3) is 10.1 Å². The maximum absolute atomic E-state index is 9.19. The van der Waals surface area contributed by atoms with Gasteiger partial charge in [0.15, 0.2) is 0 Å². The second-order valence-electron chi connectivity index (χ2n) is 0.733. The van der Waals surface area contributed by atoms with Crippen LogP contribution in [0.15, 0.2) is 0 Å². The summed E-state index contributed by atoms with van der Waals surface area (Å²) in [7, 11) is -3.67. The van der Waals surface area contributed by atoms with E-state index in [9.17, 15) is 8.42 Å². The van der Waals surface area contributed by atoms with Crippen molar-refractivity contribution < 1.29 is 17.6 Å². The Bertz CT molecular complexity index is 94.9. The lowest BCUT2D eigenvalue weighted by Crippen LogP contribution is -1.88. The van der Waals surface area contributed by atoms with Crippen molar-refractivity contribution in [3.8, 4) is 0 Å². The lowest BCUT2D eigenvalue weighted by atomic mass is 12.0. The summed E-state index contributed by atoms with van der Waals surface area (Å²) in [6.07, 6.45) is 0.715. The highest BCUT2D eigenvalue weighted by molar-refractivity contribution is 7.85. The topological polar surface area (TPSA) is 74.6 Å². The minimum absolute atomic E-state index is 0.715. The van der Waals surface area contributed by atoms with Crippen molar-refractivity contribution in [3.63, 3.8) is 0 Å². The zero-order valence-electron chi connectivity index (χ0n) is 3.50. The zero-order chi connectivity index (χ0) is 6.50. The van der Waals surface area contributed by atoms with E-state index >= 15 is 0 Å². The lowest BCUT2D eigenvalue weighted by molar-refractivity contribution is 0.490. The maximum atomic E-state index is 9.19. The molecule has 0 aliphatic rings. The van der Waals surface area contributed by atoms with Gasteiger partial charge in [-0.15, -0.1) is 0 Å². The van der Waals surface area contributed by atoms with Crippen molar-refractivity contribution in [2.75, 3.05) is 6.26 Å². The molecular weight excluding hydrogens is 144 g/mol. The first-order valence-corrected chi connectivity index (χ1v) is 3.28. The highest BCUT2D eigenvalue weighted by Gasteiger charge is 1.81. The predicted octanol–water partition coefficient (Wildman–Crippen LogP) is -0.363. The molecule has 0 saturated carbocycles. The van der Waals surface area contributed by atoms with Gasteiger partial charge in [0.05, 0.1) is 18.1 Å². The Kier molecular flexibility index (Phi) is 6.30. The Labute approximate surface area is 46.6 Å². The molecule has 0 fully saturated rings. The number of hydrogen-bond donors (Lipinski definition) is 2. The SMILES string of the molecule is CS(=O)(=O)O.OCl. The average molecular weight is 149 g/mol. The van der Waals surface area contributed by atoms with Gasteiger partial charge in [0.1, 0.15) is 0 Å². The van der Waals surface area contributed by atoms with Crippen molar-refractivity contribution in [3.05, 3.63) is 0 Å². The van der Waals surface area contributed by atoms with Crippen LogP contribution in [0.1, 0.15) is 0 Å². The summed E-state index contributed by atoms with van der Waals surface area (Å²) in [5.41, 5.74) is 0. The van der Waals surface area contributed by atoms with Crippen LogP contribution in [0.3, 0.4) is 0 Å². The molecule has 0 aliphatic carbocycles. The van der Waals surface area contributed by atoms with E-state index in [2.05, 4.69) is 11.9 Å². The van der Waals surface area contributed by atoms with Crippen molar-refractivity contribution in [2.45, 2.75) is 0 Å². The van der Waals surface area contributed by atoms with Gasteiger partial charge < -0.3 is 0 Å². The van der Waals surface area contributed by atoms with Crippen molar-refractivity contribution in [1.82, 2.24) is 0 Å². The highest BCUT2D eigenvalue weighted by Crippen LogP contribution is 1.60. The van der Waals surface area contributed by atoms with Gasteiger partial charge in [-0.2, -0.15) is 8.42 Å². The Morgan fingerprint density at radius 1 is 1.43 bits per heavy atom. The lowest BCUT2D eigenvalue weighted by Gasteiger charge is -1.69. The molecule has 2 N–H and O–H groups in total. The molecule has 4 nitrogen and oxygen atoms in total. The molecule has 0 atom stereocenters. The van der Waals surface area contributed by atoms with Crippen LogP contribution in [0, 0.1) is 0 Å². The highest BCUT2D eigenvalue weighted by atomic mass is 35.5. The molecule has 0 spiro atoms. The van der Waals surface area contributed by atoms with Gasteiger partial charge in [-0.1, -0.05) is 0 Å². The van der Waals surface area contributed by atoms with Crippen LogP contribution in [0.2, 0.25) is 0 Å². The quantitative estimate of drug-likeness (QED) is 0.460. The van der Waals surface area contributed by atoms with E-state index in [1.165, 1.54) is 0 Å². The fraction of sp³-hybridized carbons (Fsp3) is 1.00. The summed E-state index contributed by atoms with van der Waals surface area (Å²) in [4.78, 5) is 0. The van der Waals surface area contributed by atoms with E-state index in [4.69, 9.17) is 9.21 Å². The summed E-state index contributed by atoms with van der Waals surface area (Å²) in [6, 6.07) is 0. The fourth-order valence-electron chi connectivity index (χ4n) is 0. The fourth-order valence-corrected chi connectivity index (χ4v) is 0. The van der Waals surface area contributed by atoms with Crippen molar-refractivity contribution in [2.24, 2.45) is 0 Å². The van der Waals surface area contributed by atoms with Gasteiger partial charge >= 0.3 is 0 Å². The number of halogens is 1.